The topological polar surface area (TPSA) is 55.8 Å². The summed E-state index contributed by atoms with van der Waals surface area (Å²) < 4.78 is 0. The molecule has 0 saturated carbocycles. The maximum absolute atomic E-state index is 12.4. The number of phenolic OH excluding ortho intramolecular Hbond substituents is 1. The highest BCUT2D eigenvalue weighted by Gasteiger charge is 2.29. The lowest BCUT2D eigenvalue weighted by atomic mass is 10.1. The van der Waals surface area contributed by atoms with E-state index >= 15 is 0 Å². The summed E-state index contributed by atoms with van der Waals surface area (Å²) in [7, 11) is 0. The van der Waals surface area contributed by atoms with Crippen molar-refractivity contribution in [1.82, 2.24) is 15.1 Å². The number of hydrogen-bond acceptors (Lipinski definition) is 4. The second kappa shape index (κ2) is 5.42. The standard InChI is InChI=1S/C15H21N3O2/c1-11-8-12(2-3-14(11)19)15(20)18-6-4-17(5-7-18)13-9-16-10-13/h2-3,8,13,16,19H,4-7,9-10H2,1H3. The van der Waals surface area contributed by atoms with Crippen molar-refractivity contribution in [3.05, 3.63) is 29.3 Å². The first-order valence-electron chi connectivity index (χ1n) is 7.19. The second-order valence-electron chi connectivity index (χ2n) is 5.64. The monoisotopic (exact) mass is 275 g/mol. The van der Waals surface area contributed by atoms with Gasteiger partial charge in [-0.15, -0.1) is 0 Å². The van der Waals surface area contributed by atoms with Crippen LogP contribution in [0.15, 0.2) is 18.2 Å². The van der Waals surface area contributed by atoms with E-state index in [-0.39, 0.29) is 11.7 Å². The zero-order valence-electron chi connectivity index (χ0n) is 11.8. The first-order chi connectivity index (χ1) is 9.65. The molecule has 0 unspecified atom stereocenters. The molecule has 0 aromatic heterocycles. The smallest absolute Gasteiger partial charge is 0.253 e. The van der Waals surface area contributed by atoms with Gasteiger partial charge in [-0.05, 0) is 30.7 Å². The Morgan fingerprint density at radius 2 is 1.95 bits per heavy atom. The third-order valence-electron chi connectivity index (χ3n) is 4.32. The van der Waals surface area contributed by atoms with Crippen molar-refractivity contribution in [3.8, 4) is 5.75 Å². The molecule has 2 aliphatic heterocycles. The minimum absolute atomic E-state index is 0.0690. The Balaban J connectivity index is 1.62. The van der Waals surface area contributed by atoms with Crippen molar-refractivity contribution in [2.45, 2.75) is 13.0 Å². The van der Waals surface area contributed by atoms with E-state index in [9.17, 15) is 9.90 Å². The van der Waals surface area contributed by atoms with E-state index in [0.717, 1.165) is 44.8 Å². The van der Waals surface area contributed by atoms with E-state index in [2.05, 4.69) is 10.2 Å². The number of carbonyl (C=O) groups excluding carboxylic acids is 1. The zero-order chi connectivity index (χ0) is 14.1. The summed E-state index contributed by atoms with van der Waals surface area (Å²) in [5.74, 6) is 0.309. The van der Waals surface area contributed by atoms with Crippen LogP contribution in [-0.2, 0) is 0 Å². The third kappa shape index (κ3) is 2.51. The van der Waals surface area contributed by atoms with Crippen molar-refractivity contribution >= 4 is 5.91 Å². The van der Waals surface area contributed by atoms with Crippen LogP contribution >= 0.6 is 0 Å². The maximum Gasteiger partial charge on any atom is 0.253 e. The highest BCUT2D eigenvalue weighted by Crippen LogP contribution is 2.19. The fourth-order valence-corrected chi connectivity index (χ4v) is 2.79. The summed E-state index contributed by atoms with van der Waals surface area (Å²) in [4.78, 5) is 16.8. The zero-order valence-corrected chi connectivity index (χ0v) is 11.8. The molecule has 1 amide bonds. The number of benzene rings is 1. The van der Waals surface area contributed by atoms with Crippen molar-refractivity contribution in [1.29, 1.82) is 0 Å². The van der Waals surface area contributed by atoms with Crippen molar-refractivity contribution in [3.63, 3.8) is 0 Å². The first kappa shape index (κ1) is 13.4. The lowest BCUT2D eigenvalue weighted by molar-refractivity contribution is 0.0502. The highest BCUT2D eigenvalue weighted by atomic mass is 16.3. The van der Waals surface area contributed by atoms with Crippen LogP contribution in [0.2, 0.25) is 0 Å². The molecule has 0 bridgehead atoms. The Kier molecular flexibility index (Phi) is 3.63. The predicted octanol–water partition coefficient (Wildman–Crippen LogP) is 0.430. The summed E-state index contributed by atoms with van der Waals surface area (Å²) >= 11 is 0. The van der Waals surface area contributed by atoms with Gasteiger partial charge in [0.25, 0.3) is 5.91 Å². The minimum Gasteiger partial charge on any atom is -0.508 e. The summed E-state index contributed by atoms with van der Waals surface area (Å²) in [6.45, 7) is 7.44. The SMILES string of the molecule is Cc1cc(C(=O)N2CCN(C3CNC3)CC2)ccc1O. The largest absolute Gasteiger partial charge is 0.508 e. The summed E-state index contributed by atoms with van der Waals surface area (Å²) in [5.41, 5.74) is 1.41. The molecule has 20 heavy (non-hydrogen) atoms. The maximum atomic E-state index is 12.4. The number of aromatic hydroxyl groups is 1. The molecule has 0 aliphatic carbocycles. The quantitative estimate of drug-likeness (QED) is 0.822. The number of aryl methyl sites for hydroxylation is 1. The number of phenols is 1. The van der Waals surface area contributed by atoms with Gasteiger partial charge in [0.1, 0.15) is 5.75 Å². The van der Waals surface area contributed by atoms with Crippen molar-refractivity contribution in [2.24, 2.45) is 0 Å². The van der Waals surface area contributed by atoms with Gasteiger partial charge < -0.3 is 15.3 Å². The molecule has 1 aromatic carbocycles. The minimum atomic E-state index is 0.0690. The molecule has 5 nitrogen and oxygen atoms in total. The number of piperazine rings is 1. The van der Waals surface area contributed by atoms with E-state index in [1.54, 1.807) is 18.2 Å². The van der Waals surface area contributed by atoms with E-state index < -0.39 is 0 Å². The Morgan fingerprint density at radius 3 is 2.50 bits per heavy atom. The molecule has 2 fully saturated rings. The van der Waals surface area contributed by atoms with Crippen LogP contribution in [0, 0.1) is 6.92 Å². The number of hydrogen-bond donors (Lipinski definition) is 2. The second-order valence-corrected chi connectivity index (χ2v) is 5.64. The number of rotatable bonds is 2. The van der Waals surface area contributed by atoms with E-state index in [0.29, 0.717) is 11.6 Å². The molecule has 3 rings (SSSR count). The van der Waals surface area contributed by atoms with Gasteiger partial charge in [0.15, 0.2) is 0 Å². The van der Waals surface area contributed by atoms with Gasteiger partial charge in [0.2, 0.25) is 0 Å². The van der Waals surface area contributed by atoms with Crippen LogP contribution in [0.3, 0.4) is 0 Å². The molecular weight excluding hydrogens is 254 g/mol. The molecule has 2 aliphatic rings. The molecular formula is C15H21N3O2. The Morgan fingerprint density at radius 1 is 1.25 bits per heavy atom. The molecule has 108 valence electrons. The molecule has 0 atom stereocenters. The van der Waals surface area contributed by atoms with Crippen LogP contribution in [0.5, 0.6) is 5.75 Å². The molecule has 0 spiro atoms. The van der Waals surface area contributed by atoms with Gasteiger partial charge in [0, 0.05) is 50.9 Å². The van der Waals surface area contributed by atoms with Crippen LogP contribution in [0.4, 0.5) is 0 Å². The Bertz CT molecular complexity index is 506. The fraction of sp³-hybridized carbons (Fsp3) is 0.533. The van der Waals surface area contributed by atoms with Gasteiger partial charge >= 0.3 is 0 Å². The predicted molar refractivity (Wildman–Crippen MR) is 77.0 cm³/mol. The number of carbonyl (C=O) groups is 1. The van der Waals surface area contributed by atoms with Gasteiger partial charge in [-0.1, -0.05) is 0 Å². The molecule has 1 aromatic rings. The van der Waals surface area contributed by atoms with Gasteiger partial charge in [-0.3, -0.25) is 9.69 Å². The fourth-order valence-electron chi connectivity index (χ4n) is 2.79. The summed E-state index contributed by atoms with van der Waals surface area (Å²) in [6, 6.07) is 5.72. The van der Waals surface area contributed by atoms with Gasteiger partial charge in [-0.2, -0.15) is 0 Å². The van der Waals surface area contributed by atoms with Crippen LogP contribution in [-0.4, -0.2) is 66.1 Å². The highest BCUT2D eigenvalue weighted by molar-refractivity contribution is 5.94. The molecule has 5 heteroatoms. The van der Waals surface area contributed by atoms with Crippen LogP contribution < -0.4 is 5.32 Å². The van der Waals surface area contributed by atoms with Crippen molar-refractivity contribution in [2.75, 3.05) is 39.3 Å². The molecule has 2 saturated heterocycles. The molecule has 0 radical (unpaired) electrons. The van der Waals surface area contributed by atoms with Gasteiger partial charge in [0.05, 0.1) is 0 Å². The lowest BCUT2D eigenvalue weighted by Gasteiger charge is -2.43. The van der Waals surface area contributed by atoms with E-state index in [1.807, 2.05) is 11.8 Å². The van der Waals surface area contributed by atoms with Crippen LogP contribution in [0.1, 0.15) is 15.9 Å². The molecule has 2 N–H and O–H groups in total. The van der Waals surface area contributed by atoms with E-state index in [1.165, 1.54) is 0 Å². The lowest BCUT2D eigenvalue weighted by Crippen LogP contribution is -2.62. The normalized spacial score (nSPS) is 20.8. The average Bonchev–Trinajstić information content (AvgIpc) is 2.40. The first-order valence-corrected chi connectivity index (χ1v) is 7.19. The average molecular weight is 275 g/mol. The number of amides is 1. The Labute approximate surface area is 119 Å². The number of nitrogens with zero attached hydrogens (tertiary/aromatic N) is 2. The van der Waals surface area contributed by atoms with Gasteiger partial charge in [-0.25, -0.2) is 0 Å². The molecule has 2 heterocycles. The van der Waals surface area contributed by atoms with Crippen LogP contribution in [0.25, 0.3) is 0 Å². The third-order valence-corrected chi connectivity index (χ3v) is 4.32. The summed E-state index contributed by atoms with van der Waals surface area (Å²) in [6.07, 6.45) is 0. The Hall–Kier alpha value is -1.59. The van der Waals surface area contributed by atoms with Crippen molar-refractivity contribution < 1.29 is 9.90 Å². The summed E-state index contributed by atoms with van der Waals surface area (Å²) in [5, 5.41) is 12.8. The van der Waals surface area contributed by atoms with E-state index in [4.69, 9.17) is 0 Å². The number of nitrogens with one attached hydrogen (secondary N) is 1.